The summed E-state index contributed by atoms with van der Waals surface area (Å²) >= 11 is 0. The van der Waals surface area contributed by atoms with E-state index < -0.39 is 11.9 Å². The van der Waals surface area contributed by atoms with Gasteiger partial charge in [-0.2, -0.15) is 10.2 Å². The van der Waals surface area contributed by atoms with Crippen LogP contribution in [-0.4, -0.2) is 34.0 Å². The van der Waals surface area contributed by atoms with Crippen LogP contribution in [0.2, 0.25) is 0 Å². The van der Waals surface area contributed by atoms with Crippen LogP contribution >= 0.6 is 0 Å². The molecular formula is C23H28N4O3. The molecule has 7 nitrogen and oxygen atoms in total. The maximum atomic E-state index is 12.1. The molecule has 1 aromatic heterocycles. The number of aromatic nitrogens is 2. The lowest BCUT2D eigenvalue weighted by Crippen LogP contribution is -2.35. The zero-order valence-electron chi connectivity index (χ0n) is 17.7. The average Bonchev–Trinajstić information content (AvgIpc) is 3.33. The number of hydrazone groups is 1. The summed E-state index contributed by atoms with van der Waals surface area (Å²) in [4.78, 5) is 24.2. The van der Waals surface area contributed by atoms with Crippen molar-refractivity contribution in [3.63, 3.8) is 0 Å². The number of nitrogens with zero attached hydrogens (tertiary/aromatic N) is 3. The van der Waals surface area contributed by atoms with Gasteiger partial charge in [0.2, 0.25) is 0 Å². The molecule has 2 aliphatic rings. The van der Waals surface area contributed by atoms with Crippen molar-refractivity contribution in [3.8, 4) is 5.69 Å². The molecule has 4 rings (SSSR count). The molecule has 1 amide bonds. The highest BCUT2D eigenvalue weighted by Crippen LogP contribution is 2.63. The van der Waals surface area contributed by atoms with Gasteiger partial charge in [0.15, 0.2) is 6.61 Å². The maximum Gasteiger partial charge on any atom is 0.310 e. The predicted molar refractivity (Wildman–Crippen MR) is 113 cm³/mol. The summed E-state index contributed by atoms with van der Waals surface area (Å²) in [5.74, 6) is -0.272. The van der Waals surface area contributed by atoms with E-state index in [2.05, 4.69) is 36.4 Å². The molecule has 2 aromatic rings. The van der Waals surface area contributed by atoms with Crippen LogP contribution < -0.4 is 5.43 Å². The molecule has 0 aliphatic heterocycles. The monoisotopic (exact) mass is 408 g/mol. The molecule has 2 fully saturated rings. The Labute approximate surface area is 176 Å². The number of carbonyl (C=O) groups is 2. The van der Waals surface area contributed by atoms with Crippen LogP contribution in [0.15, 0.2) is 47.8 Å². The molecular weight excluding hydrogens is 380 g/mol. The molecule has 0 radical (unpaired) electrons. The third-order valence-electron chi connectivity index (χ3n) is 7.20. The second-order valence-corrected chi connectivity index (χ2v) is 9.05. The van der Waals surface area contributed by atoms with Crippen LogP contribution in [0.5, 0.6) is 0 Å². The van der Waals surface area contributed by atoms with E-state index in [1.54, 1.807) is 17.1 Å². The van der Waals surface area contributed by atoms with E-state index in [9.17, 15) is 9.59 Å². The Kier molecular flexibility index (Phi) is 5.22. The van der Waals surface area contributed by atoms with E-state index in [4.69, 9.17) is 4.74 Å². The smallest absolute Gasteiger partial charge is 0.310 e. The summed E-state index contributed by atoms with van der Waals surface area (Å²) in [5.41, 5.74) is 5.49. The Morgan fingerprint density at radius 3 is 2.70 bits per heavy atom. The largest absolute Gasteiger partial charge is 0.455 e. The molecule has 2 unspecified atom stereocenters. The van der Waals surface area contributed by atoms with Gasteiger partial charge in [-0.05, 0) is 42.7 Å². The van der Waals surface area contributed by atoms with Gasteiger partial charge < -0.3 is 4.74 Å². The number of carbonyl (C=O) groups excluding carboxylic acids is 2. The fraction of sp³-hybridized carbons (Fsp3) is 0.478. The summed E-state index contributed by atoms with van der Waals surface area (Å²) in [7, 11) is 0. The number of benzene rings is 1. The van der Waals surface area contributed by atoms with Crippen LogP contribution in [0.1, 0.15) is 45.6 Å². The summed E-state index contributed by atoms with van der Waals surface area (Å²) in [6, 6.07) is 9.63. The molecule has 0 spiro atoms. The number of ether oxygens (including phenoxy) is 1. The highest BCUT2D eigenvalue weighted by Gasteiger charge is 2.60. The third-order valence-corrected chi connectivity index (χ3v) is 7.20. The van der Waals surface area contributed by atoms with Gasteiger partial charge in [0.05, 0.1) is 18.3 Å². The van der Waals surface area contributed by atoms with E-state index in [1.807, 2.05) is 30.3 Å². The molecule has 1 N–H and O–H groups in total. The first-order valence-electron chi connectivity index (χ1n) is 10.4. The summed E-state index contributed by atoms with van der Waals surface area (Å²) in [6.45, 7) is 6.47. The van der Waals surface area contributed by atoms with E-state index in [0.29, 0.717) is 5.92 Å². The number of hydrogen-bond donors (Lipinski definition) is 1. The van der Waals surface area contributed by atoms with Gasteiger partial charge in [0, 0.05) is 22.9 Å². The minimum Gasteiger partial charge on any atom is -0.455 e. The topological polar surface area (TPSA) is 85.6 Å². The number of hydrogen-bond acceptors (Lipinski definition) is 5. The van der Waals surface area contributed by atoms with Gasteiger partial charge >= 0.3 is 5.97 Å². The fourth-order valence-corrected chi connectivity index (χ4v) is 4.80. The summed E-state index contributed by atoms with van der Waals surface area (Å²) < 4.78 is 6.81. The molecule has 30 heavy (non-hydrogen) atoms. The zero-order chi connectivity index (χ0) is 21.4. The van der Waals surface area contributed by atoms with Gasteiger partial charge in [-0.3, -0.25) is 9.59 Å². The fourth-order valence-electron chi connectivity index (χ4n) is 4.80. The van der Waals surface area contributed by atoms with Gasteiger partial charge in [-0.15, -0.1) is 0 Å². The minimum absolute atomic E-state index is 0.0283. The maximum absolute atomic E-state index is 12.1. The lowest BCUT2D eigenvalue weighted by atomic mass is 9.70. The highest BCUT2D eigenvalue weighted by atomic mass is 16.5. The van der Waals surface area contributed by atoms with Gasteiger partial charge in [0.1, 0.15) is 0 Å². The number of fused-ring (bicyclic) bond motifs is 2. The second-order valence-electron chi connectivity index (χ2n) is 9.05. The van der Waals surface area contributed by atoms with Crippen molar-refractivity contribution >= 4 is 17.6 Å². The van der Waals surface area contributed by atoms with Crippen LogP contribution in [0.4, 0.5) is 0 Å². The summed E-state index contributed by atoms with van der Waals surface area (Å²) in [6.07, 6.45) is 6.70. The molecule has 2 saturated carbocycles. The number of rotatable bonds is 6. The lowest BCUT2D eigenvalue weighted by molar-refractivity contribution is -0.147. The van der Waals surface area contributed by atoms with Crippen molar-refractivity contribution in [3.05, 3.63) is 48.3 Å². The summed E-state index contributed by atoms with van der Waals surface area (Å²) in [5, 5.41) is 8.64. The SMILES string of the molecule is CC12CCC(C/C1=N/NC(=O)COC(=O)Cc1cnn(-c3ccccc3)c1)C2(C)C. The quantitative estimate of drug-likeness (QED) is 0.587. The predicted octanol–water partition coefficient (Wildman–Crippen LogP) is 3.28. The molecule has 2 atom stereocenters. The van der Waals surface area contributed by atoms with Gasteiger partial charge in [-0.1, -0.05) is 39.0 Å². The van der Waals surface area contributed by atoms with E-state index in [1.165, 1.54) is 6.42 Å². The zero-order valence-corrected chi connectivity index (χ0v) is 17.7. The van der Waals surface area contributed by atoms with Crippen LogP contribution in [0, 0.1) is 16.7 Å². The van der Waals surface area contributed by atoms with Crippen LogP contribution in [-0.2, 0) is 20.7 Å². The second kappa shape index (κ2) is 7.70. The molecule has 2 bridgehead atoms. The standard InChI is InChI=1S/C23H28N4O3/c1-22(2)17-9-10-23(22,3)19(12-17)25-26-20(28)15-30-21(29)11-16-13-24-27(14-16)18-7-5-4-6-8-18/h4-8,13-14,17H,9-12,15H2,1-3H3,(H,26,28)/b25-19-. The molecule has 0 saturated heterocycles. The Morgan fingerprint density at radius 1 is 1.27 bits per heavy atom. The van der Waals surface area contributed by atoms with Crippen LogP contribution in [0.3, 0.4) is 0 Å². The Hall–Kier alpha value is -2.96. The number of para-hydroxylation sites is 1. The van der Waals surface area contributed by atoms with E-state index >= 15 is 0 Å². The van der Waals surface area contributed by atoms with Crippen molar-refractivity contribution in [1.29, 1.82) is 0 Å². The van der Waals surface area contributed by atoms with Gasteiger partial charge in [0.25, 0.3) is 5.91 Å². The van der Waals surface area contributed by atoms with Crippen molar-refractivity contribution in [2.75, 3.05) is 6.61 Å². The number of amides is 1. The number of esters is 1. The van der Waals surface area contributed by atoms with Crippen molar-refractivity contribution in [1.82, 2.24) is 15.2 Å². The lowest BCUT2D eigenvalue weighted by Gasteiger charge is -2.34. The average molecular weight is 409 g/mol. The number of nitrogens with one attached hydrogen (secondary N) is 1. The van der Waals surface area contributed by atoms with Gasteiger partial charge in [-0.25, -0.2) is 10.1 Å². The van der Waals surface area contributed by atoms with Crippen molar-refractivity contribution in [2.24, 2.45) is 21.8 Å². The first-order chi connectivity index (χ1) is 14.3. The van der Waals surface area contributed by atoms with E-state index in [-0.39, 0.29) is 23.9 Å². The first kappa shape index (κ1) is 20.3. The molecule has 7 heteroatoms. The Bertz CT molecular complexity index is 979. The first-order valence-corrected chi connectivity index (χ1v) is 10.4. The molecule has 2 aliphatic carbocycles. The normalized spacial score (nSPS) is 25.4. The third kappa shape index (κ3) is 3.64. The van der Waals surface area contributed by atoms with Crippen LogP contribution in [0.25, 0.3) is 5.69 Å². The van der Waals surface area contributed by atoms with E-state index in [0.717, 1.165) is 29.8 Å². The minimum atomic E-state index is -0.474. The van der Waals surface area contributed by atoms with Crippen molar-refractivity contribution in [2.45, 2.75) is 46.5 Å². The molecule has 158 valence electrons. The Balaban J connectivity index is 1.26. The molecule has 1 heterocycles. The Morgan fingerprint density at radius 2 is 2.03 bits per heavy atom. The van der Waals surface area contributed by atoms with Crippen molar-refractivity contribution < 1.29 is 14.3 Å². The molecule has 1 aromatic carbocycles. The highest BCUT2D eigenvalue weighted by molar-refractivity contribution is 5.95.